The summed E-state index contributed by atoms with van der Waals surface area (Å²) in [6.07, 6.45) is 2.05. The number of methoxy groups -OCH3 is 2. The summed E-state index contributed by atoms with van der Waals surface area (Å²) in [5.74, 6) is 0.393. The monoisotopic (exact) mass is 374 g/mol. The van der Waals surface area contributed by atoms with Gasteiger partial charge in [-0.2, -0.15) is 0 Å². The molecule has 136 valence electrons. The second-order valence-corrected chi connectivity index (χ2v) is 6.37. The van der Waals surface area contributed by atoms with Gasteiger partial charge in [0.15, 0.2) is 0 Å². The summed E-state index contributed by atoms with van der Waals surface area (Å²) < 4.78 is 10.4. The summed E-state index contributed by atoms with van der Waals surface area (Å²) in [6.45, 7) is 0. The largest absolute Gasteiger partial charge is 0.495 e. The van der Waals surface area contributed by atoms with Gasteiger partial charge in [0.05, 0.1) is 24.9 Å². The number of carbonyl (C=O) groups is 2. The number of ether oxygens (including phenoxy) is 2. The van der Waals surface area contributed by atoms with Crippen molar-refractivity contribution in [2.24, 2.45) is 0 Å². The summed E-state index contributed by atoms with van der Waals surface area (Å²) >= 11 is 6.07. The van der Waals surface area contributed by atoms with Crippen LogP contribution in [0.2, 0.25) is 5.02 Å². The molecule has 0 aromatic heterocycles. The summed E-state index contributed by atoms with van der Waals surface area (Å²) in [4.78, 5) is 24.5. The van der Waals surface area contributed by atoms with Gasteiger partial charge in [-0.1, -0.05) is 11.6 Å². The van der Waals surface area contributed by atoms with Gasteiger partial charge in [0, 0.05) is 29.3 Å². The second-order valence-electron chi connectivity index (χ2n) is 5.97. The minimum absolute atomic E-state index is 0.122. The Balaban J connectivity index is 1.74. The molecule has 2 amide bonds. The number of hydrogen-bond donors (Lipinski definition) is 2. The van der Waals surface area contributed by atoms with Crippen LogP contribution in [0, 0.1) is 0 Å². The number of benzene rings is 2. The van der Waals surface area contributed by atoms with Crippen molar-refractivity contribution in [3.63, 3.8) is 0 Å². The number of carbonyl (C=O) groups excluding carboxylic acids is 2. The van der Waals surface area contributed by atoms with Crippen LogP contribution in [0.1, 0.15) is 33.6 Å². The summed E-state index contributed by atoms with van der Waals surface area (Å²) in [5.41, 5.74) is 1.39. The van der Waals surface area contributed by atoms with Crippen molar-refractivity contribution in [1.29, 1.82) is 0 Å². The van der Waals surface area contributed by atoms with Gasteiger partial charge in [-0.3, -0.25) is 9.59 Å². The molecule has 1 fully saturated rings. The molecule has 0 radical (unpaired) electrons. The summed E-state index contributed by atoms with van der Waals surface area (Å²) in [7, 11) is 2.98. The number of amides is 2. The molecule has 2 N–H and O–H groups in total. The van der Waals surface area contributed by atoms with Crippen LogP contribution in [0.15, 0.2) is 36.4 Å². The van der Waals surface area contributed by atoms with E-state index in [0.717, 1.165) is 12.8 Å². The molecule has 1 saturated carbocycles. The molecule has 0 heterocycles. The first-order valence-corrected chi connectivity index (χ1v) is 8.53. The zero-order valence-corrected chi connectivity index (χ0v) is 15.2. The quantitative estimate of drug-likeness (QED) is 0.811. The fourth-order valence-electron chi connectivity index (χ4n) is 2.42. The first-order chi connectivity index (χ1) is 12.5. The number of hydrogen-bond acceptors (Lipinski definition) is 4. The highest BCUT2D eigenvalue weighted by Crippen LogP contribution is 2.36. The molecule has 2 aromatic rings. The van der Waals surface area contributed by atoms with Crippen molar-refractivity contribution in [2.45, 2.75) is 18.9 Å². The van der Waals surface area contributed by atoms with Crippen LogP contribution in [0.25, 0.3) is 0 Å². The van der Waals surface area contributed by atoms with Crippen LogP contribution in [0.5, 0.6) is 11.5 Å². The van der Waals surface area contributed by atoms with Gasteiger partial charge in [-0.15, -0.1) is 0 Å². The minimum Gasteiger partial charge on any atom is -0.495 e. The van der Waals surface area contributed by atoms with Crippen LogP contribution in [-0.4, -0.2) is 32.1 Å². The zero-order chi connectivity index (χ0) is 18.7. The lowest BCUT2D eigenvalue weighted by Gasteiger charge is -2.13. The van der Waals surface area contributed by atoms with Crippen LogP contribution in [0.4, 0.5) is 5.69 Å². The Morgan fingerprint density at radius 3 is 2.08 bits per heavy atom. The third-order valence-electron chi connectivity index (χ3n) is 4.04. The maximum Gasteiger partial charge on any atom is 0.255 e. The highest BCUT2D eigenvalue weighted by atomic mass is 35.5. The molecule has 2 aromatic carbocycles. The molecule has 6 nitrogen and oxygen atoms in total. The molecule has 0 bridgehead atoms. The Labute approximate surface area is 156 Å². The van der Waals surface area contributed by atoms with Gasteiger partial charge in [-0.05, 0) is 37.1 Å². The van der Waals surface area contributed by atoms with E-state index in [4.69, 9.17) is 21.1 Å². The van der Waals surface area contributed by atoms with Gasteiger partial charge in [0.25, 0.3) is 11.8 Å². The van der Waals surface area contributed by atoms with Crippen molar-refractivity contribution < 1.29 is 19.1 Å². The standard InChI is InChI=1S/C19H19ClN2O4/c1-25-16-10-15(17(26-2)9-14(16)20)22-19(24)12-5-3-11(4-6-12)18(23)21-13-7-8-13/h3-6,9-10,13H,7-8H2,1-2H3,(H,21,23)(H,22,24). The van der Waals surface area contributed by atoms with Gasteiger partial charge < -0.3 is 20.1 Å². The first kappa shape index (κ1) is 18.1. The molecule has 1 aliphatic rings. The molecule has 1 aliphatic carbocycles. The van der Waals surface area contributed by atoms with E-state index >= 15 is 0 Å². The van der Waals surface area contributed by atoms with Gasteiger partial charge in [-0.25, -0.2) is 0 Å². The minimum atomic E-state index is -0.332. The maximum absolute atomic E-state index is 12.5. The SMILES string of the molecule is COc1cc(NC(=O)c2ccc(C(=O)NC3CC3)cc2)c(OC)cc1Cl. The molecule has 0 unspecified atom stereocenters. The van der Waals surface area contributed by atoms with Crippen molar-refractivity contribution in [1.82, 2.24) is 5.32 Å². The van der Waals surface area contributed by atoms with E-state index < -0.39 is 0 Å². The third kappa shape index (κ3) is 4.08. The Bertz CT molecular complexity index is 832. The molecule has 0 spiro atoms. The Morgan fingerprint density at radius 1 is 0.962 bits per heavy atom. The van der Waals surface area contributed by atoms with Crippen molar-refractivity contribution in [3.05, 3.63) is 52.5 Å². The predicted octanol–water partition coefficient (Wildman–Crippen LogP) is 3.50. The third-order valence-corrected chi connectivity index (χ3v) is 4.34. The van der Waals surface area contributed by atoms with E-state index in [1.165, 1.54) is 14.2 Å². The predicted molar refractivity (Wildman–Crippen MR) is 99.4 cm³/mol. The average Bonchev–Trinajstić information content (AvgIpc) is 3.46. The molecular formula is C19H19ClN2O4. The number of halogens is 1. The second kappa shape index (κ2) is 7.66. The molecule has 0 saturated heterocycles. The van der Waals surface area contributed by atoms with E-state index in [0.29, 0.717) is 33.3 Å². The highest BCUT2D eigenvalue weighted by Gasteiger charge is 2.23. The molecular weight excluding hydrogens is 356 g/mol. The van der Waals surface area contributed by atoms with E-state index in [1.807, 2.05) is 0 Å². The van der Waals surface area contributed by atoms with E-state index in [1.54, 1.807) is 36.4 Å². The summed E-state index contributed by atoms with van der Waals surface area (Å²) in [6, 6.07) is 9.93. The van der Waals surface area contributed by atoms with Gasteiger partial charge in [0.2, 0.25) is 0 Å². The first-order valence-electron chi connectivity index (χ1n) is 8.15. The normalized spacial score (nSPS) is 13.0. The van der Waals surface area contributed by atoms with Gasteiger partial charge in [0.1, 0.15) is 11.5 Å². The summed E-state index contributed by atoms with van der Waals surface area (Å²) in [5, 5.41) is 6.06. The van der Waals surface area contributed by atoms with E-state index in [9.17, 15) is 9.59 Å². The average molecular weight is 375 g/mol. The molecule has 7 heteroatoms. The van der Waals surface area contributed by atoms with E-state index in [-0.39, 0.29) is 17.9 Å². The Morgan fingerprint density at radius 2 is 1.54 bits per heavy atom. The zero-order valence-electron chi connectivity index (χ0n) is 14.5. The number of rotatable bonds is 6. The van der Waals surface area contributed by atoms with Crippen LogP contribution < -0.4 is 20.1 Å². The Hall–Kier alpha value is -2.73. The fraction of sp³-hybridized carbons (Fsp3) is 0.263. The molecule has 0 atom stereocenters. The maximum atomic E-state index is 12.5. The number of anilines is 1. The number of nitrogens with one attached hydrogen (secondary N) is 2. The molecule has 3 rings (SSSR count). The van der Waals surface area contributed by atoms with Crippen LogP contribution in [-0.2, 0) is 0 Å². The lowest BCUT2D eigenvalue weighted by Crippen LogP contribution is -2.25. The van der Waals surface area contributed by atoms with Crippen molar-refractivity contribution >= 4 is 29.1 Å². The lowest BCUT2D eigenvalue weighted by molar-refractivity contribution is 0.0949. The van der Waals surface area contributed by atoms with Crippen molar-refractivity contribution in [3.8, 4) is 11.5 Å². The highest BCUT2D eigenvalue weighted by molar-refractivity contribution is 6.32. The van der Waals surface area contributed by atoms with Crippen LogP contribution >= 0.6 is 11.6 Å². The van der Waals surface area contributed by atoms with Crippen molar-refractivity contribution in [2.75, 3.05) is 19.5 Å². The van der Waals surface area contributed by atoms with E-state index in [2.05, 4.69) is 10.6 Å². The fourth-order valence-corrected chi connectivity index (χ4v) is 2.65. The molecule has 0 aliphatic heterocycles. The lowest BCUT2D eigenvalue weighted by atomic mass is 10.1. The Kier molecular flexibility index (Phi) is 5.32. The van der Waals surface area contributed by atoms with Gasteiger partial charge >= 0.3 is 0 Å². The van der Waals surface area contributed by atoms with Crippen LogP contribution in [0.3, 0.4) is 0 Å². The topological polar surface area (TPSA) is 76.7 Å². The smallest absolute Gasteiger partial charge is 0.255 e. The molecule has 26 heavy (non-hydrogen) atoms.